The van der Waals surface area contributed by atoms with Crippen LogP contribution >= 0.6 is 0 Å². The lowest BCUT2D eigenvalue weighted by Crippen LogP contribution is -2.14. The molecule has 5 rings (SSSR count). The number of para-hydroxylation sites is 1. The van der Waals surface area contributed by atoms with E-state index in [9.17, 15) is 0 Å². The minimum absolute atomic E-state index is 0.532. The van der Waals surface area contributed by atoms with Gasteiger partial charge in [-0.05, 0) is 61.9 Å². The molecule has 152 valence electrons. The van der Waals surface area contributed by atoms with Crippen molar-refractivity contribution in [1.29, 1.82) is 0 Å². The number of anilines is 1. The van der Waals surface area contributed by atoms with E-state index in [1.54, 1.807) is 0 Å². The first-order valence-corrected chi connectivity index (χ1v) is 10.7. The van der Waals surface area contributed by atoms with Crippen molar-refractivity contribution in [1.82, 2.24) is 14.5 Å². The van der Waals surface area contributed by atoms with Crippen LogP contribution in [0.25, 0.3) is 16.6 Å². The summed E-state index contributed by atoms with van der Waals surface area (Å²) in [5.74, 6) is 1.46. The average Bonchev–Trinajstić information content (AvgIpc) is 3.10. The van der Waals surface area contributed by atoms with E-state index in [1.165, 1.54) is 35.0 Å². The summed E-state index contributed by atoms with van der Waals surface area (Å²) in [4.78, 5) is 9.54. The fourth-order valence-electron chi connectivity index (χ4n) is 4.73. The molecule has 5 heteroatoms. The summed E-state index contributed by atoms with van der Waals surface area (Å²) in [6, 6.07) is 17.0. The van der Waals surface area contributed by atoms with E-state index in [0.717, 1.165) is 41.2 Å². The van der Waals surface area contributed by atoms with Gasteiger partial charge < -0.3 is 16.0 Å². The first kappa shape index (κ1) is 18.8. The number of aromatic nitrogens is 3. The maximum absolute atomic E-state index is 6.29. The standard InChI is InChI=1S/C25H27N5/c1-16-13-20-18(15-26)8-6-12-23(20)30(16)22-11-5-2-7-17(22)14-24-28-21-10-4-3-9-19(21)25(27)29-24/h2,5-8,11-13H,3-4,9-10,14-15,26H2,1H3,(H2,27,28,29). The zero-order valence-electron chi connectivity index (χ0n) is 17.4. The van der Waals surface area contributed by atoms with Crippen LogP contribution in [-0.2, 0) is 25.8 Å². The second-order valence-corrected chi connectivity index (χ2v) is 8.14. The molecular formula is C25H27N5. The highest BCUT2D eigenvalue weighted by molar-refractivity contribution is 5.86. The largest absolute Gasteiger partial charge is 0.383 e. The molecule has 0 amide bonds. The minimum atomic E-state index is 0.532. The van der Waals surface area contributed by atoms with Gasteiger partial charge in [-0.3, -0.25) is 0 Å². The number of nitrogens with zero attached hydrogens (tertiary/aromatic N) is 3. The summed E-state index contributed by atoms with van der Waals surface area (Å²) in [6.07, 6.45) is 5.00. The second kappa shape index (κ2) is 7.58. The maximum Gasteiger partial charge on any atom is 0.135 e. The molecule has 1 aliphatic rings. The highest BCUT2D eigenvalue weighted by Gasteiger charge is 2.18. The summed E-state index contributed by atoms with van der Waals surface area (Å²) in [5.41, 5.74) is 20.4. The third-order valence-corrected chi connectivity index (χ3v) is 6.18. The molecule has 0 saturated heterocycles. The lowest BCUT2D eigenvalue weighted by Gasteiger charge is -2.18. The normalized spacial score (nSPS) is 13.5. The van der Waals surface area contributed by atoms with E-state index in [1.807, 2.05) is 0 Å². The van der Waals surface area contributed by atoms with Gasteiger partial charge in [-0.15, -0.1) is 0 Å². The van der Waals surface area contributed by atoms with Crippen molar-refractivity contribution in [3.8, 4) is 5.69 Å². The Balaban J connectivity index is 1.61. The number of rotatable bonds is 4. The van der Waals surface area contributed by atoms with Gasteiger partial charge in [0.15, 0.2) is 0 Å². The summed E-state index contributed by atoms with van der Waals surface area (Å²) >= 11 is 0. The molecule has 0 fully saturated rings. The van der Waals surface area contributed by atoms with Gasteiger partial charge in [0.05, 0.1) is 5.52 Å². The highest BCUT2D eigenvalue weighted by Crippen LogP contribution is 2.30. The molecular weight excluding hydrogens is 370 g/mol. The third-order valence-electron chi connectivity index (χ3n) is 6.18. The Morgan fingerprint density at radius 2 is 1.77 bits per heavy atom. The van der Waals surface area contributed by atoms with E-state index < -0.39 is 0 Å². The van der Waals surface area contributed by atoms with Crippen LogP contribution in [0.2, 0.25) is 0 Å². The van der Waals surface area contributed by atoms with E-state index >= 15 is 0 Å². The SMILES string of the molecule is Cc1cc2c(CN)cccc2n1-c1ccccc1Cc1nc(N)c2c(n1)CCCC2. The van der Waals surface area contributed by atoms with Gasteiger partial charge in [-0.2, -0.15) is 0 Å². The average molecular weight is 398 g/mol. The molecule has 0 aliphatic heterocycles. The fourth-order valence-corrected chi connectivity index (χ4v) is 4.73. The summed E-state index contributed by atoms with van der Waals surface area (Å²) in [5, 5.41) is 1.21. The number of nitrogens with two attached hydrogens (primary N) is 2. The molecule has 0 bridgehead atoms. The van der Waals surface area contributed by atoms with Gasteiger partial charge in [0.2, 0.25) is 0 Å². The number of hydrogen-bond donors (Lipinski definition) is 2. The minimum Gasteiger partial charge on any atom is -0.383 e. The van der Waals surface area contributed by atoms with Crippen LogP contribution in [0.1, 0.15) is 46.7 Å². The van der Waals surface area contributed by atoms with Crippen molar-refractivity contribution >= 4 is 16.7 Å². The van der Waals surface area contributed by atoms with Gasteiger partial charge in [0.1, 0.15) is 11.6 Å². The molecule has 5 nitrogen and oxygen atoms in total. The van der Waals surface area contributed by atoms with Gasteiger partial charge >= 0.3 is 0 Å². The highest BCUT2D eigenvalue weighted by atomic mass is 15.0. The molecule has 2 aromatic heterocycles. The van der Waals surface area contributed by atoms with Crippen molar-refractivity contribution in [3.05, 3.63) is 82.4 Å². The quantitative estimate of drug-likeness (QED) is 0.540. The number of fused-ring (bicyclic) bond motifs is 2. The summed E-state index contributed by atoms with van der Waals surface area (Å²) in [7, 11) is 0. The monoisotopic (exact) mass is 397 g/mol. The van der Waals surface area contributed by atoms with E-state index in [0.29, 0.717) is 18.8 Å². The van der Waals surface area contributed by atoms with E-state index in [-0.39, 0.29) is 0 Å². The number of nitrogen functional groups attached to an aromatic ring is 1. The molecule has 0 saturated carbocycles. The zero-order chi connectivity index (χ0) is 20.7. The Kier molecular flexibility index (Phi) is 4.75. The van der Waals surface area contributed by atoms with Crippen LogP contribution in [0, 0.1) is 6.92 Å². The molecule has 2 aromatic carbocycles. The number of hydrogen-bond acceptors (Lipinski definition) is 4. The van der Waals surface area contributed by atoms with Gasteiger partial charge in [-0.1, -0.05) is 30.3 Å². The molecule has 1 aliphatic carbocycles. The predicted molar refractivity (Wildman–Crippen MR) is 122 cm³/mol. The topological polar surface area (TPSA) is 82.8 Å². The van der Waals surface area contributed by atoms with Crippen molar-refractivity contribution < 1.29 is 0 Å². The Morgan fingerprint density at radius 1 is 0.967 bits per heavy atom. The molecule has 4 N–H and O–H groups in total. The van der Waals surface area contributed by atoms with Crippen molar-refractivity contribution in [3.63, 3.8) is 0 Å². The van der Waals surface area contributed by atoms with Crippen molar-refractivity contribution in [2.45, 2.75) is 45.6 Å². The van der Waals surface area contributed by atoms with Crippen LogP contribution in [0.5, 0.6) is 0 Å². The fraction of sp³-hybridized carbons (Fsp3) is 0.280. The second-order valence-electron chi connectivity index (χ2n) is 8.14. The van der Waals surface area contributed by atoms with Crippen LogP contribution in [0.3, 0.4) is 0 Å². The summed E-state index contributed by atoms with van der Waals surface area (Å²) < 4.78 is 2.31. The Morgan fingerprint density at radius 3 is 2.63 bits per heavy atom. The molecule has 2 heterocycles. The Bertz CT molecular complexity index is 1240. The van der Waals surface area contributed by atoms with Crippen LogP contribution in [-0.4, -0.2) is 14.5 Å². The Hall–Kier alpha value is -3.18. The first-order valence-electron chi connectivity index (χ1n) is 10.7. The van der Waals surface area contributed by atoms with Crippen molar-refractivity contribution in [2.24, 2.45) is 5.73 Å². The smallest absolute Gasteiger partial charge is 0.135 e. The summed E-state index contributed by atoms with van der Waals surface area (Å²) in [6.45, 7) is 2.68. The van der Waals surface area contributed by atoms with Crippen molar-refractivity contribution in [2.75, 3.05) is 5.73 Å². The van der Waals surface area contributed by atoms with E-state index in [4.69, 9.17) is 16.5 Å². The lowest BCUT2D eigenvalue weighted by molar-refractivity contribution is 0.658. The van der Waals surface area contributed by atoms with E-state index in [2.05, 4.69) is 65.0 Å². The molecule has 0 spiro atoms. The molecule has 30 heavy (non-hydrogen) atoms. The zero-order valence-corrected chi connectivity index (χ0v) is 17.4. The first-order chi connectivity index (χ1) is 14.7. The third kappa shape index (κ3) is 3.15. The van der Waals surface area contributed by atoms with Crippen LogP contribution in [0.15, 0.2) is 48.5 Å². The molecule has 0 atom stereocenters. The lowest BCUT2D eigenvalue weighted by atomic mass is 9.96. The number of benzene rings is 2. The Labute approximate surface area is 176 Å². The van der Waals surface area contributed by atoms with Gasteiger partial charge in [-0.25, -0.2) is 9.97 Å². The van der Waals surface area contributed by atoms with Gasteiger partial charge in [0.25, 0.3) is 0 Å². The molecule has 4 aromatic rings. The van der Waals surface area contributed by atoms with Gasteiger partial charge in [0, 0.05) is 41.0 Å². The maximum atomic E-state index is 6.29. The van der Waals surface area contributed by atoms with Crippen LogP contribution in [0.4, 0.5) is 5.82 Å². The molecule has 0 unspecified atom stereocenters. The number of aryl methyl sites for hydroxylation is 2. The predicted octanol–water partition coefficient (Wildman–Crippen LogP) is 4.24. The van der Waals surface area contributed by atoms with Crippen LogP contribution < -0.4 is 11.5 Å². The molecule has 0 radical (unpaired) electrons.